The maximum absolute atomic E-state index is 12.4. The van der Waals surface area contributed by atoms with Gasteiger partial charge in [0.2, 0.25) is 0 Å². The number of ketones is 1. The summed E-state index contributed by atoms with van der Waals surface area (Å²) >= 11 is 0. The van der Waals surface area contributed by atoms with Crippen molar-refractivity contribution in [2.24, 2.45) is 29.6 Å². The van der Waals surface area contributed by atoms with Crippen molar-refractivity contribution >= 4 is 11.8 Å². The molecule has 0 aromatic carbocycles. The minimum absolute atomic E-state index is 0.142. The molecule has 0 aliphatic heterocycles. The second kappa shape index (κ2) is 11.4. The van der Waals surface area contributed by atoms with Crippen LogP contribution >= 0.6 is 0 Å². The van der Waals surface area contributed by atoms with E-state index in [1.165, 1.54) is 32.8 Å². The molecule has 0 spiro atoms. The number of aliphatic hydroxyl groups excluding tert-OH is 2. The van der Waals surface area contributed by atoms with Crippen molar-refractivity contribution in [1.82, 2.24) is 0 Å². The first-order valence-electron chi connectivity index (χ1n) is 12.1. The van der Waals surface area contributed by atoms with Gasteiger partial charge in [0.25, 0.3) is 0 Å². The van der Waals surface area contributed by atoms with Crippen LogP contribution in [-0.2, 0) is 14.3 Å². The monoisotopic (exact) mass is 420 g/mol. The summed E-state index contributed by atoms with van der Waals surface area (Å²) < 4.78 is 4.64. The lowest BCUT2D eigenvalue weighted by Gasteiger charge is -2.41. The van der Waals surface area contributed by atoms with Gasteiger partial charge in [0.15, 0.2) is 0 Å². The molecule has 3 aliphatic carbocycles. The summed E-state index contributed by atoms with van der Waals surface area (Å²) in [5.74, 6) is 1.72. The van der Waals surface area contributed by atoms with Crippen molar-refractivity contribution in [3.63, 3.8) is 0 Å². The predicted molar refractivity (Wildman–Crippen MR) is 116 cm³/mol. The Bertz CT molecular complexity index is 590. The van der Waals surface area contributed by atoms with Gasteiger partial charge in [0.05, 0.1) is 19.3 Å². The van der Waals surface area contributed by atoms with E-state index in [1.54, 1.807) is 0 Å². The van der Waals surface area contributed by atoms with Gasteiger partial charge in [-0.1, -0.05) is 50.7 Å². The number of hydrogen-bond donors (Lipinski definition) is 2. The topological polar surface area (TPSA) is 83.8 Å². The fraction of sp³-hybridized carbons (Fsp3) is 0.840. The standard InChI is InChI=1S/C25H40O5/c1-30-25(29)10-5-3-2-4-9-20-21(24(28)16-23(20)27)11-12-22(26)19-14-18(15-19)13-17-7-6-8-17/h11-12,17-22,24,26,28H,2-10,13-16H2,1H3/b12-11+/t18?,19?,20-,21-,22-,24-/m1/s1. The van der Waals surface area contributed by atoms with Crippen LogP contribution in [0.25, 0.3) is 0 Å². The molecule has 5 nitrogen and oxygen atoms in total. The summed E-state index contributed by atoms with van der Waals surface area (Å²) in [6.45, 7) is 0. The third kappa shape index (κ3) is 6.40. The van der Waals surface area contributed by atoms with E-state index >= 15 is 0 Å². The Labute approximate surface area is 181 Å². The summed E-state index contributed by atoms with van der Waals surface area (Å²) in [7, 11) is 1.41. The molecule has 0 saturated heterocycles. The van der Waals surface area contributed by atoms with Crippen molar-refractivity contribution in [3.05, 3.63) is 12.2 Å². The van der Waals surface area contributed by atoms with Gasteiger partial charge in [-0.15, -0.1) is 0 Å². The molecule has 30 heavy (non-hydrogen) atoms. The molecule has 0 aromatic heterocycles. The minimum Gasteiger partial charge on any atom is -0.469 e. The average Bonchev–Trinajstić information content (AvgIpc) is 2.92. The molecule has 0 heterocycles. The molecule has 0 unspecified atom stereocenters. The SMILES string of the molecule is COC(=O)CCCCCC[C@H]1C(=O)C[C@@H](O)[C@@H]1/C=C/[C@@H](O)C1CC(CC2CCC2)C1. The Morgan fingerprint density at radius 1 is 1.17 bits per heavy atom. The highest BCUT2D eigenvalue weighted by Crippen LogP contribution is 2.44. The maximum atomic E-state index is 12.4. The quantitative estimate of drug-likeness (QED) is 0.281. The maximum Gasteiger partial charge on any atom is 0.305 e. The first-order chi connectivity index (χ1) is 14.5. The molecular formula is C25H40O5. The number of Topliss-reactive ketones (excluding diaryl/α,β-unsaturated/α-hetero) is 1. The number of aliphatic hydroxyl groups is 2. The third-order valence-electron chi connectivity index (χ3n) is 7.78. The normalized spacial score (nSPS) is 32.8. The van der Waals surface area contributed by atoms with Crippen LogP contribution < -0.4 is 0 Å². The number of carbonyl (C=O) groups is 2. The third-order valence-corrected chi connectivity index (χ3v) is 7.78. The van der Waals surface area contributed by atoms with E-state index in [1.807, 2.05) is 12.2 Å². The molecule has 0 radical (unpaired) electrons. The number of ether oxygens (including phenoxy) is 1. The Balaban J connectivity index is 1.37. The Morgan fingerprint density at radius 3 is 2.57 bits per heavy atom. The first kappa shape index (κ1) is 23.5. The number of carbonyl (C=O) groups excluding carboxylic acids is 2. The molecule has 0 aromatic rings. The van der Waals surface area contributed by atoms with Gasteiger partial charge in [0.1, 0.15) is 5.78 Å². The molecule has 5 heteroatoms. The zero-order valence-electron chi connectivity index (χ0n) is 18.5. The van der Waals surface area contributed by atoms with Crippen LogP contribution in [0.1, 0.15) is 83.5 Å². The van der Waals surface area contributed by atoms with Gasteiger partial charge < -0.3 is 14.9 Å². The van der Waals surface area contributed by atoms with Crippen molar-refractivity contribution in [2.45, 2.75) is 95.7 Å². The van der Waals surface area contributed by atoms with Crippen LogP contribution in [0, 0.1) is 29.6 Å². The number of unbranched alkanes of at least 4 members (excludes halogenated alkanes) is 3. The van der Waals surface area contributed by atoms with E-state index in [0.29, 0.717) is 12.3 Å². The lowest BCUT2D eigenvalue weighted by molar-refractivity contribution is -0.140. The summed E-state index contributed by atoms with van der Waals surface area (Å²) in [5, 5.41) is 20.9. The van der Waals surface area contributed by atoms with Gasteiger partial charge in [-0.2, -0.15) is 0 Å². The smallest absolute Gasteiger partial charge is 0.305 e. The first-order valence-corrected chi connectivity index (χ1v) is 12.1. The molecule has 3 fully saturated rings. The number of hydrogen-bond acceptors (Lipinski definition) is 5. The van der Waals surface area contributed by atoms with E-state index in [4.69, 9.17) is 0 Å². The zero-order chi connectivity index (χ0) is 21.5. The summed E-state index contributed by atoms with van der Waals surface area (Å²) in [5.41, 5.74) is 0. The second-order valence-electron chi connectivity index (χ2n) is 9.96. The van der Waals surface area contributed by atoms with Crippen molar-refractivity contribution in [1.29, 1.82) is 0 Å². The molecule has 0 amide bonds. The summed E-state index contributed by atoms with van der Waals surface area (Å²) in [6.07, 6.45) is 15.5. The van der Waals surface area contributed by atoms with Crippen LogP contribution in [0.3, 0.4) is 0 Å². The van der Waals surface area contributed by atoms with E-state index in [0.717, 1.165) is 56.8 Å². The van der Waals surface area contributed by atoms with E-state index in [9.17, 15) is 19.8 Å². The highest BCUT2D eigenvalue weighted by atomic mass is 16.5. The molecule has 2 N–H and O–H groups in total. The fourth-order valence-electron chi connectivity index (χ4n) is 5.54. The minimum atomic E-state index is -0.627. The van der Waals surface area contributed by atoms with E-state index in [2.05, 4.69) is 4.74 Å². The fourth-order valence-corrected chi connectivity index (χ4v) is 5.54. The van der Waals surface area contributed by atoms with Gasteiger partial charge in [-0.25, -0.2) is 0 Å². The lowest BCUT2D eigenvalue weighted by atomic mass is 9.66. The molecule has 170 valence electrons. The van der Waals surface area contributed by atoms with Gasteiger partial charge in [0, 0.05) is 24.7 Å². The highest BCUT2D eigenvalue weighted by Gasteiger charge is 2.40. The van der Waals surface area contributed by atoms with Crippen molar-refractivity contribution < 1.29 is 24.5 Å². The van der Waals surface area contributed by atoms with Crippen LogP contribution in [0.2, 0.25) is 0 Å². The van der Waals surface area contributed by atoms with Gasteiger partial charge >= 0.3 is 5.97 Å². The Morgan fingerprint density at radius 2 is 1.90 bits per heavy atom. The molecule has 3 saturated carbocycles. The van der Waals surface area contributed by atoms with E-state index < -0.39 is 12.2 Å². The lowest BCUT2D eigenvalue weighted by Crippen LogP contribution is -2.34. The summed E-state index contributed by atoms with van der Waals surface area (Å²) in [4.78, 5) is 23.5. The molecule has 3 rings (SSSR count). The number of rotatable bonds is 12. The van der Waals surface area contributed by atoms with Crippen LogP contribution in [0.4, 0.5) is 0 Å². The molecule has 4 atom stereocenters. The van der Waals surface area contributed by atoms with Crippen molar-refractivity contribution in [2.75, 3.05) is 7.11 Å². The second-order valence-corrected chi connectivity index (χ2v) is 9.96. The van der Waals surface area contributed by atoms with Crippen LogP contribution in [0.15, 0.2) is 12.2 Å². The van der Waals surface area contributed by atoms with Crippen molar-refractivity contribution in [3.8, 4) is 0 Å². The van der Waals surface area contributed by atoms with Crippen LogP contribution in [0.5, 0.6) is 0 Å². The highest BCUT2D eigenvalue weighted by molar-refractivity contribution is 5.84. The average molecular weight is 421 g/mol. The summed E-state index contributed by atoms with van der Waals surface area (Å²) in [6, 6.07) is 0. The molecule has 0 bridgehead atoms. The van der Waals surface area contributed by atoms with E-state index in [-0.39, 0.29) is 30.0 Å². The number of esters is 1. The Hall–Kier alpha value is -1.20. The van der Waals surface area contributed by atoms with Gasteiger partial charge in [-0.05, 0) is 49.9 Å². The largest absolute Gasteiger partial charge is 0.469 e. The number of methoxy groups -OCH3 is 1. The van der Waals surface area contributed by atoms with Gasteiger partial charge in [-0.3, -0.25) is 9.59 Å². The predicted octanol–water partition coefficient (Wildman–Crippen LogP) is 4.20. The molecular weight excluding hydrogens is 380 g/mol. The molecule has 3 aliphatic rings. The van der Waals surface area contributed by atoms with Crippen LogP contribution in [-0.4, -0.2) is 41.3 Å². The Kier molecular flexibility index (Phi) is 8.94. The zero-order valence-corrected chi connectivity index (χ0v) is 18.5.